The van der Waals surface area contributed by atoms with E-state index in [1.54, 1.807) is 18.3 Å². The van der Waals surface area contributed by atoms with Crippen LogP contribution in [0, 0.1) is 6.92 Å². The molecule has 1 aromatic heterocycles. The van der Waals surface area contributed by atoms with Crippen LogP contribution < -0.4 is 10.6 Å². The van der Waals surface area contributed by atoms with Crippen LogP contribution in [0.5, 0.6) is 0 Å². The van der Waals surface area contributed by atoms with Crippen LogP contribution in [0.3, 0.4) is 0 Å². The molecule has 0 spiro atoms. The van der Waals surface area contributed by atoms with E-state index in [1.807, 2.05) is 55.5 Å². The van der Waals surface area contributed by atoms with Gasteiger partial charge in [-0.1, -0.05) is 29.8 Å². The fraction of sp³-hybridized carbons (Fsp3) is 0.0952. The highest BCUT2D eigenvalue weighted by molar-refractivity contribution is 6.04. The van der Waals surface area contributed by atoms with Gasteiger partial charge in [0.25, 0.3) is 11.8 Å². The number of benzene rings is 2. The Hall–Kier alpha value is -3.47. The molecule has 2 aromatic carbocycles. The molecule has 3 rings (SSSR count). The molecular formula is C21H19N3O2. The van der Waals surface area contributed by atoms with E-state index in [4.69, 9.17) is 0 Å². The third-order valence-corrected chi connectivity index (χ3v) is 3.90. The molecule has 0 aliphatic heterocycles. The lowest BCUT2D eigenvalue weighted by molar-refractivity contribution is 0.0950. The summed E-state index contributed by atoms with van der Waals surface area (Å²) in [5.41, 5.74) is 3.89. The number of aromatic nitrogens is 1. The van der Waals surface area contributed by atoms with Crippen molar-refractivity contribution in [3.8, 4) is 0 Å². The Morgan fingerprint density at radius 1 is 0.885 bits per heavy atom. The molecule has 2 N–H and O–H groups in total. The minimum absolute atomic E-state index is 0.112. The van der Waals surface area contributed by atoms with E-state index >= 15 is 0 Å². The molecule has 2 amide bonds. The molecule has 0 saturated carbocycles. The van der Waals surface area contributed by atoms with E-state index in [0.717, 1.165) is 11.1 Å². The smallest absolute Gasteiger partial charge is 0.257 e. The zero-order valence-electron chi connectivity index (χ0n) is 14.4. The summed E-state index contributed by atoms with van der Waals surface area (Å²) in [5.74, 6) is -0.322. The first-order valence-corrected chi connectivity index (χ1v) is 8.27. The van der Waals surface area contributed by atoms with E-state index in [9.17, 15) is 9.59 Å². The van der Waals surface area contributed by atoms with Gasteiger partial charge < -0.3 is 10.6 Å². The molecule has 0 unspecified atom stereocenters. The lowest BCUT2D eigenvalue weighted by Gasteiger charge is -2.08. The van der Waals surface area contributed by atoms with Crippen molar-refractivity contribution in [3.63, 3.8) is 0 Å². The lowest BCUT2D eigenvalue weighted by atomic mass is 10.1. The molecular weight excluding hydrogens is 326 g/mol. The highest BCUT2D eigenvalue weighted by Crippen LogP contribution is 2.11. The van der Waals surface area contributed by atoms with Crippen molar-refractivity contribution in [2.45, 2.75) is 13.5 Å². The van der Waals surface area contributed by atoms with Crippen molar-refractivity contribution in [3.05, 3.63) is 95.3 Å². The number of nitrogens with zero attached hydrogens (tertiary/aromatic N) is 1. The summed E-state index contributed by atoms with van der Waals surface area (Å²) in [6, 6.07) is 18.2. The van der Waals surface area contributed by atoms with Gasteiger partial charge in [0.1, 0.15) is 0 Å². The number of aryl methyl sites for hydroxylation is 1. The van der Waals surface area contributed by atoms with Gasteiger partial charge in [0.2, 0.25) is 0 Å². The number of carbonyl (C=O) groups is 2. The van der Waals surface area contributed by atoms with Crippen LogP contribution in [0.1, 0.15) is 31.8 Å². The Morgan fingerprint density at radius 3 is 2.27 bits per heavy atom. The number of rotatable bonds is 5. The molecule has 5 heteroatoms. The minimum Gasteiger partial charge on any atom is -0.348 e. The Kier molecular flexibility index (Phi) is 5.39. The van der Waals surface area contributed by atoms with E-state index in [-0.39, 0.29) is 11.8 Å². The summed E-state index contributed by atoms with van der Waals surface area (Å²) < 4.78 is 0. The number of nitrogens with one attached hydrogen (secondary N) is 2. The summed E-state index contributed by atoms with van der Waals surface area (Å²) in [6.07, 6.45) is 3.14. The van der Waals surface area contributed by atoms with Crippen molar-refractivity contribution in [1.29, 1.82) is 0 Å². The highest BCUT2D eigenvalue weighted by Gasteiger charge is 2.07. The molecule has 26 heavy (non-hydrogen) atoms. The van der Waals surface area contributed by atoms with Crippen molar-refractivity contribution >= 4 is 17.5 Å². The molecule has 5 nitrogen and oxygen atoms in total. The Labute approximate surface area is 152 Å². The Bertz CT molecular complexity index is 889. The van der Waals surface area contributed by atoms with Gasteiger partial charge in [-0.25, -0.2) is 0 Å². The monoisotopic (exact) mass is 345 g/mol. The number of carbonyl (C=O) groups excluding carboxylic acids is 2. The maximum Gasteiger partial charge on any atom is 0.257 e. The summed E-state index contributed by atoms with van der Waals surface area (Å²) in [7, 11) is 0. The van der Waals surface area contributed by atoms with E-state index < -0.39 is 0 Å². The number of hydrogen-bond donors (Lipinski definition) is 2. The summed E-state index contributed by atoms with van der Waals surface area (Å²) in [5, 5.41) is 5.70. The molecule has 0 atom stereocenters. The van der Waals surface area contributed by atoms with Gasteiger partial charge in [-0.15, -0.1) is 0 Å². The topological polar surface area (TPSA) is 71.1 Å². The van der Waals surface area contributed by atoms with Gasteiger partial charge in [0, 0.05) is 30.2 Å². The average molecular weight is 345 g/mol. The summed E-state index contributed by atoms with van der Waals surface area (Å²) in [6.45, 7) is 2.40. The van der Waals surface area contributed by atoms with Crippen LogP contribution >= 0.6 is 0 Å². The normalized spacial score (nSPS) is 10.2. The summed E-state index contributed by atoms with van der Waals surface area (Å²) >= 11 is 0. The number of anilines is 1. The SMILES string of the molecule is Cc1ccc(C(=O)NCc2ccc(NC(=O)c3cccnc3)cc2)cc1. The minimum atomic E-state index is -0.210. The van der Waals surface area contributed by atoms with E-state index in [1.165, 1.54) is 6.20 Å². The van der Waals surface area contributed by atoms with Crippen LogP contribution in [-0.4, -0.2) is 16.8 Å². The molecule has 0 radical (unpaired) electrons. The molecule has 1 heterocycles. The first-order chi connectivity index (χ1) is 12.6. The second-order valence-electron chi connectivity index (χ2n) is 5.94. The first kappa shape index (κ1) is 17.4. The van der Waals surface area contributed by atoms with Crippen molar-refractivity contribution in [1.82, 2.24) is 10.3 Å². The zero-order chi connectivity index (χ0) is 18.4. The number of amides is 2. The standard InChI is InChI=1S/C21H19N3O2/c1-15-4-8-17(9-5-15)20(25)23-13-16-6-10-19(11-7-16)24-21(26)18-3-2-12-22-14-18/h2-12,14H,13H2,1H3,(H,23,25)(H,24,26). The van der Waals surface area contributed by atoms with Gasteiger partial charge in [-0.3, -0.25) is 14.6 Å². The second kappa shape index (κ2) is 8.07. The molecule has 0 saturated heterocycles. The van der Waals surface area contributed by atoms with Crippen LogP contribution in [0.25, 0.3) is 0 Å². The molecule has 130 valence electrons. The summed E-state index contributed by atoms with van der Waals surface area (Å²) in [4.78, 5) is 28.1. The average Bonchev–Trinajstić information content (AvgIpc) is 2.68. The van der Waals surface area contributed by atoms with E-state index in [0.29, 0.717) is 23.4 Å². The third-order valence-electron chi connectivity index (χ3n) is 3.90. The molecule has 0 bridgehead atoms. The zero-order valence-corrected chi connectivity index (χ0v) is 14.4. The number of hydrogen-bond acceptors (Lipinski definition) is 3. The van der Waals surface area contributed by atoms with E-state index in [2.05, 4.69) is 15.6 Å². The second-order valence-corrected chi connectivity index (χ2v) is 5.94. The van der Waals surface area contributed by atoms with Crippen molar-refractivity contribution in [2.24, 2.45) is 0 Å². The fourth-order valence-electron chi connectivity index (χ4n) is 2.40. The number of pyridine rings is 1. The van der Waals surface area contributed by atoms with Crippen molar-refractivity contribution < 1.29 is 9.59 Å². The van der Waals surface area contributed by atoms with Crippen LogP contribution in [0.15, 0.2) is 73.1 Å². The predicted octanol–water partition coefficient (Wildman–Crippen LogP) is 3.57. The highest BCUT2D eigenvalue weighted by atomic mass is 16.2. The van der Waals surface area contributed by atoms with Gasteiger partial charge in [-0.05, 0) is 48.9 Å². The molecule has 3 aromatic rings. The fourth-order valence-corrected chi connectivity index (χ4v) is 2.40. The first-order valence-electron chi connectivity index (χ1n) is 8.27. The third kappa shape index (κ3) is 4.54. The maximum atomic E-state index is 12.1. The quantitative estimate of drug-likeness (QED) is 0.742. The molecule has 0 aliphatic carbocycles. The molecule has 0 fully saturated rings. The van der Waals surface area contributed by atoms with Crippen LogP contribution in [0.2, 0.25) is 0 Å². The lowest BCUT2D eigenvalue weighted by Crippen LogP contribution is -2.22. The van der Waals surface area contributed by atoms with Gasteiger partial charge in [0.05, 0.1) is 5.56 Å². The van der Waals surface area contributed by atoms with Gasteiger partial charge in [-0.2, -0.15) is 0 Å². The van der Waals surface area contributed by atoms with Crippen LogP contribution in [-0.2, 0) is 6.54 Å². The van der Waals surface area contributed by atoms with Gasteiger partial charge in [0.15, 0.2) is 0 Å². The van der Waals surface area contributed by atoms with Crippen molar-refractivity contribution in [2.75, 3.05) is 5.32 Å². The van der Waals surface area contributed by atoms with Crippen LogP contribution in [0.4, 0.5) is 5.69 Å². The Balaban J connectivity index is 1.55. The predicted molar refractivity (Wildman–Crippen MR) is 101 cm³/mol. The Morgan fingerprint density at radius 2 is 1.62 bits per heavy atom. The largest absolute Gasteiger partial charge is 0.348 e. The maximum absolute atomic E-state index is 12.1. The molecule has 0 aliphatic rings. The van der Waals surface area contributed by atoms with Gasteiger partial charge >= 0.3 is 0 Å².